The van der Waals surface area contributed by atoms with Crippen molar-refractivity contribution in [2.24, 2.45) is 0 Å². The van der Waals surface area contributed by atoms with Crippen LogP contribution in [0.1, 0.15) is 12.8 Å². The predicted octanol–water partition coefficient (Wildman–Crippen LogP) is 1.59. The van der Waals surface area contributed by atoms with Crippen LogP contribution in [-0.4, -0.2) is 49.2 Å². The van der Waals surface area contributed by atoms with Gasteiger partial charge in [0.25, 0.3) is 0 Å². The Hall–Kier alpha value is -0.920. The van der Waals surface area contributed by atoms with Crippen molar-refractivity contribution in [2.75, 3.05) is 38.3 Å². The molecule has 0 bridgehead atoms. The standard InChI is InChI=1S/C12H16BrN3O3/c1-17-10-9(13)7-14-11(15-10)16-4-2-3-12(8-16)18-5-6-19-12/h7H,2-6,8H2,1H3. The third-order valence-corrected chi connectivity index (χ3v) is 3.95. The van der Waals surface area contributed by atoms with Gasteiger partial charge in [-0.2, -0.15) is 4.98 Å². The number of halogens is 1. The molecule has 7 heteroatoms. The van der Waals surface area contributed by atoms with E-state index in [2.05, 4.69) is 30.8 Å². The molecular weight excluding hydrogens is 314 g/mol. The molecule has 1 aromatic heterocycles. The van der Waals surface area contributed by atoms with Crippen LogP contribution in [0.25, 0.3) is 0 Å². The fraction of sp³-hybridized carbons (Fsp3) is 0.667. The number of rotatable bonds is 2. The second-order valence-corrected chi connectivity index (χ2v) is 5.51. The SMILES string of the molecule is COc1nc(N2CCCC3(C2)OCCO3)ncc1Br. The van der Waals surface area contributed by atoms with Gasteiger partial charge in [-0.25, -0.2) is 4.98 Å². The molecule has 0 radical (unpaired) electrons. The van der Waals surface area contributed by atoms with E-state index >= 15 is 0 Å². The first-order chi connectivity index (χ1) is 9.22. The highest BCUT2D eigenvalue weighted by molar-refractivity contribution is 9.10. The molecule has 0 N–H and O–H groups in total. The summed E-state index contributed by atoms with van der Waals surface area (Å²) in [5.74, 6) is 0.721. The van der Waals surface area contributed by atoms with Crippen LogP contribution in [0.5, 0.6) is 5.88 Å². The summed E-state index contributed by atoms with van der Waals surface area (Å²) in [6, 6.07) is 0. The second kappa shape index (κ2) is 5.22. The molecular formula is C12H16BrN3O3. The highest BCUT2D eigenvalue weighted by Gasteiger charge is 2.41. The smallest absolute Gasteiger partial charge is 0.232 e. The predicted molar refractivity (Wildman–Crippen MR) is 72.4 cm³/mol. The van der Waals surface area contributed by atoms with Crippen LogP contribution < -0.4 is 9.64 Å². The zero-order chi connectivity index (χ0) is 13.3. The number of aromatic nitrogens is 2. The van der Waals surface area contributed by atoms with Gasteiger partial charge in [-0.15, -0.1) is 0 Å². The number of nitrogens with zero attached hydrogens (tertiary/aromatic N) is 3. The molecule has 0 aromatic carbocycles. The average Bonchev–Trinajstić information content (AvgIpc) is 2.87. The number of piperidine rings is 1. The molecule has 0 amide bonds. The second-order valence-electron chi connectivity index (χ2n) is 4.66. The van der Waals surface area contributed by atoms with E-state index in [1.54, 1.807) is 13.3 Å². The van der Waals surface area contributed by atoms with Gasteiger partial charge in [-0.05, 0) is 22.4 Å². The van der Waals surface area contributed by atoms with Crippen LogP contribution in [0.4, 0.5) is 5.95 Å². The van der Waals surface area contributed by atoms with Crippen LogP contribution in [0, 0.1) is 0 Å². The zero-order valence-corrected chi connectivity index (χ0v) is 12.4. The summed E-state index contributed by atoms with van der Waals surface area (Å²) in [6.07, 6.45) is 3.64. The molecule has 1 aromatic rings. The van der Waals surface area contributed by atoms with Gasteiger partial charge >= 0.3 is 0 Å². The van der Waals surface area contributed by atoms with E-state index in [-0.39, 0.29) is 0 Å². The highest BCUT2D eigenvalue weighted by Crippen LogP contribution is 2.32. The normalized spacial score (nSPS) is 21.9. The zero-order valence-electron chi connectivity index (χ0n) is 10.8. The summed E-state index contributed by atoms with van der Waals surface area (Å²) >= 11 is 3.36. The minimum atomic E-state index is -0.470. The Bertz CT molecular complexity index is 466. The Balaban J connectivity index is 1.81. The summed E-state index contributed by atoms with van der Waals surface area (Å²) in [7, 11) is 1.60. The van der Waals surface area contributed by atoms with Crippen LogP contribution in [-0.2, 0) is 9.47 Å². The lowest BCUT2D eigenvalue weighted by molar-refractivity contribution is -0.161. The first kappa shape index (κ1) is 13.1. The Kier molecular flexibility index (Phi) is 3.60. The summed E-state index contributed by atoms with van der Waals surface area (Å²) < 4.78 is 17.5. The van der Waals surface area contributed by atoms with Crippen molar-refractivity contribution in [1.29, 1.82) is 0 Å². The third-order valence-electron chi connectivity index (χ3n) is 3.41. The molecule has 6 nitrogen and oxygen atoms in total. The molecule has 104 valence electrons. The van der Waals surface area contributed by atoms with E-state index in [9.17, 15) is 0 Å². The fourth-order valence-electron chi connectivity index (χ4n) is 2.53. The molecule has 0 aliphatic carbocycles. The van der Waals surface area contributed by atoms with Crippen LogP contribution >= 0.6 is 15.9 Å². The maximum atomic E-state index is 5.75. The quantitative estimate of drug-likeness (QED) is 0.821. The molecule has 2 saturated heterocycles. The summed E-state index contributed by atoms with van der Waals surface area (Å²) in [5.41, 5.74) is 0. The molecule has 0 saturated carbocycles. The van der Waals surface area contributed by atoms with Crippen molar-refractivity contribution in [3.05, 3.63) is 10.7 Å². The molecule has 3 rings (SSSR count). The molecule has 0 atom stereocenters. The molecule has 0 unspecified atom stereocenters. The minimum Gasteiger partial charge on any atom is -0.480 e. The number of hydrogen-bond donors (Lipinski definition) is 0. The number of methoxy groups -OCH3 is 1. The van der Waals surface area contributed by atoms with E-state index in [0.717, 1.165) is 23.9 Å². The van der Waals surface area contributed by atoms with E-state index < -0.39 is 5.79 Å². The highest BCUT2D eigenvalue weighted by atomic mass is 79.9. The number of anilines is 1. The molecule has 19 heavy (non-hydrogen) atoms. The first-order valence-electron chi connectivity index (χ1n) is 6.32. The molecule has 2 aliphatic rings. The van der Waals surface area contributed by atoms with Gasteiger partial charge in [0.2, 0.25) is 11.8 Å². The average molecular weight is 330 g/mol. The summed E-state index contributed by atoms with van der Waals surface area (Å²) in [6.45, 7) is 2.90. The topological polar surface area (TPSA) is 56.7 Å². The van der Waals surface area contributed by atoms with Crippen molar-refractivity contribution >= 4 is 21.9 Å². The van der Waals surface area contributed by atoms with Crippen LogP contribution in [0.2, 0.25) is 0 Å². The van der Waals surface area contributed by atoms with E-state index in [1.165, 1.54) is 0 Å². The van der Waals surface area contributed by atoms with Gasteiger partial charge in [-0.3, -0.25) is 0 Å². The Labute approximate surface area is 120 Å². The van der Waals surface area contributed by atoms with Crippen molar-refractivity contribution < 1.29 is 14.2 Å². The Morgan fingerprint density at radius 3 is 2.95 bits per heavy atom. The summed E-state index contributed by atoms with van der Waals surface area (Å²) in [5, 5.41) is 0. The minimum absolute atomic E-state index is 0.470. The van der Waals surface area contributed by atoms with Crippen molar-refractivity contribution in [3.8, 4) is 5.88 Å². The maximum Gasteiger partial charge on any atom is 0.232 e. The molecule has 3 heterocycles. The maximum absolute atomic E-state index is 5.75. The van der Waals surface area contributed by atoms with Crippen LogP contribution in [0.15, 0.2) is 10.7 Å². The van der Waals surface area contributed by atoms with Gasteiger partial charge in [0.05, 0.1) is 37.5 Å². The lowest BCUT2D eigenvalue weighted by atomic mass is 10.1. The van der Waals surface area contributed by atoms with Gasteiger partial charge in [0.1, 0.15) is 0 Å². The molecule has 1 spiro atoms. The Morgan fingerprint density at radius 2 is 2.21 bits per heavy atom. The van der Waals surface area contributed by atoms with Gasteiger partial charge in [0, 0.05) is 13.0 Å². The van der Waals surface area contributed by atoms with Crippen molar-refractivity contribution in [2.45, 2.75) is 18.6 Å². The Morgan fingerprint density at radius 1 is 1.42 bits per heavy atom. The van der Waals surface area contributed by atoms with Crippen molar-refractivity contribution in [3.63, 3.8) is 0 Å². The van der Waals surface area contributed by atoms with E-state index in [1.807, 2.05) is 0 Å². The largest absolute Gasteiger partial charge is 0.480 e. The molecule has 2 aliphatic heterocycles. The monoisotopic (exact) mass is 329 g/mol. The summed E-state index contributed by atoms with van der Waals surface area (Å²) in [4.78, 5) is 10.8. The van der Waals surface area contributed by atoms with E-state index in [4.69, 9.17) is 14.2 Å². The molecule has 2 fully saturated rings. The lowest BCUT2D eigenvalue weighted by Crippen LogP contribution is -2.49. The number of ether oxygens (including phenoxy) is 3. The van der Waals surface area contributed by atoms with Gasteiger partial charge < -0.3 is 19.1 Å². The lowest BCUT2D eigenvalue weighted by Gasteiger charge is -2.38. The first-order valence-corrected chi connectivity index (χ1v) is 7.11. The van der Waals surface area contributed by atoms with Crippen LogP contribution in [0.3, 0.4) is 0 Å². The van der Waals surface area contributed by atoms with Gasteiger partial charge in [0.15, 0.2) is 5.79 Å². The third kappa shape index (κ3) is 2.54. The fourth-order valence-corrected chi connectivity index (χ4v) is 2.88. The van der Waals surface area contributed by atoms with Crippen molar-refractivity contribution in [1.82, 2.24) is 9.97 Å². The number of hydrogen-bond acceptors (Lipinski definition) is 6. The van der Waals surface area contributed by atoms with Gasteiger partial charge in [-0.1, -0.05) is 0 Å². The van der Waals surface area contributed by atoms with E-state index in [0.29, 0.717) is 31.6 Å².